The van der Waals surface area contributed by atoms with Crippen molar-refractivity contribution in [1.82, 2.24) is 9.78 Å². The maximum atomic E-state index is 10.3. The molecule has 0 saturated carbocycles. The van der Waals surface area contributed by atoms with E-state index in [0.29, 0.717) is 13.1 Å². The summed E-state index contributed by atoms with van der Waals surface area (Å²) in [6, 6.07) is 33.5. The van der Waals surface area contributed by atoms with Crippen molar-refractivity contribution in [2.24, 2.45) is 0 Å². The second-order valence-electron chi connectivity index (χ2n) is 8.17. The molecular formula is C27H27N3O2. The van der Waals surface area contributed by atoms with Crippen LogP contribution in [0.5, 0.6) is 0 Å². The molecule has 1 fully saturated rings. The molecule has 0 bridgehead atoms. The van der Waals surface area contributed by atoms with Crippen LogP contribution in [0.2, 0.25) is 0 Å². The first-order valence-corrected chi connectivity index (χ1v) is 10.9. The number of rotatable bonds is 6. The second-order valence-corrected chi connectivity index (χ2v) is 8.17. The summed E-state index contributed by atoms with van der Waals surface area (Å²) in [5, 5.41) is 15.4. The van der Waals surface area contributed by atoms with Gasteiger partial charge in [-0.2, -0.15) is 5.10 Å². The van der Waals surface area contributed by atoms with E-state index in [9.17, 15) is 5.11 Å². The molecule has 2 heterocycles. The standard InChI is InChI=1S/C27H27N3O2/c1-32-25-20-29(19-24(25)31)26-17-18-30(28-26)27(21-11-5-2-6-12-21,22-13-7-3-8-14-22)23-15-9-4-10-16-23/h2-18,24-25,31H,19-20H2,1H3/t24-,25+/m1/s1. The van der Waals surface area contributed by atoms with Gasteiger partial charge in [-0.25, -0.2) is 0 Å². The van der Waals surface area contributed by atoms with Gasteiger partial charge in [0.25, 0.3) is 0 Å². The Bertz CT molecular complexity index is 1050. The van der Waals surface area contributed by atoms with Gasteiger partial charge >= 0.3 is 0 Å². The van der Waals surface area contributed by atoms with Gasteiger partial charge in [-0.1, -0.05) is 91.0 Å². The average Bonchev–Trinajstić information content (AvgIpc) is 3.49. The van der Waals surface area contributed by atoms with Gasteiger partial charge in [-0.15, -0.1) is 0 Å². The van der Waals surface area contributed by atoms with Gasteiger partial charge < -0.3 is 14.7 Å². The van der Waals surface area contributed by atoms with E-state index < -0.39 is 11.6 Å². The number of β-amino-alcohol motifs (C(OH)–C–C–N with tert-alkyl or cyclic N) is 1. The Morgan fingerprint density at radius 2 is 1.28 bits per heavy atom. The number of benzene rings is 3. The van der Waals surface area contributed by atoms with E-state index in [2.05, 4.69) is 82.4 Å². The first kappa shape index (κ1) is 20.5. The zero-order valence-electron chi connectivity index (χ0n) is 18.1. The van der Waals surface area contributed by atoms with Crippen molar-refractivity contribution in [2.45, 2.75) is 17.7 Å². The first-order chi connectivity index (χ1) is 15.7. The van der Waals surface area contributed by atoms with E-state index in [4.69, 9.17) is 9.84 Å². The number of aliphatic hydroxyl groups excluding tert-OH is 1. The number of aliphatic hydroxyl groups is 1. The largest absolute Gasteiger partial charge is 0.388 e. The van der Waals surface area contributed by atoms with Crippen molar-refractivity contribution in [3.8, 4) is 0 Å². The van der Waals surface area contributed by atoms with Gasteiger partial charge in [-0.3, -0.25) is 4.68 Å². The van der Waals surface area contributed by atoms with E-state index in [1.807, 2.05) is 30.5 Å². The van der Waals surface area contributed by atoms with E-state index in [0.717, 1.165) is 22.5 Å². The number of hydrogen-bond donors (Lipinski definition) is 1. The summed E-state index contributed by atoms with van der Waals surface area (Å²) >= 11 is 0. The Morgan fingerprint density at radius 1 is 0.781 bits per heavy atom. The number of methoxy groups -OCH3 is 1. The summed E-state index contributed by atoms with van der Waals surface area (Å²) in [5.41, 5.74) is 2.75. The Hall–Kier alpha value is -3.41. The molecule has 0 radical (unpaired) electrons. The van der Waals surface area contributed by atoms with E-state index in [-0.39, 0.29) is 6.10 Å². The van der Waals surface area contributed by atoms with E-state index >= 15 is 0 Å². The molecule has 162 valence electrons. The summed E-state index contributed by atoms with van der Waals surface area (Å²) in [6.07, 6.45) is 1.31. The molecule has 4 aromatic rings. The lowest BCUT2D eigenvalue weighted by atomic mass is 9.77. The Labute approximate surface area is 188 Å². The molecule has 0 aliphatic carbocycles. The number of ether oxygens (including phenoxy) is 1. The highest BCUT2D eigenvalue weighted by Crippen LogP contribution is 2.40. The average molecular weight is 426 g/mol. The minimum Gasteiger partial charge on any atom is -0.388 e. The molecule has 1 saturated heterocycles. The molecule has 3 aromatic carbocycles. The predicted molar refractivity (Wildman–Crippen MR) is 126 cm³/mol. The molecule has 0 amide bonds. The molecule has 5 heteroatoms. The van der Waals surface area contributed by atoms with E-state index in [1.165, 1.54) is 0 Å². The lowest BCUT2D eigenvalue weighted by Crippen LogP contribution is -2.38. The van der Waals surface area contributed by atoms with Gasteiger partial charge in [0, 0.05) is 32.5 Å². The molecule has 1 aliphatic heterocycles. The second kappa shape index (κ2) is 8.61. The molecular weight excluding hydrogens is 398 g/mol. The minimum absolute atomic E-state index is 0.206. The zero-order valence-corrected chi connectivity index (χ0v) is 18.1. The van der Waals surface area contributed by atoms with Crippen LogP contribution in [-0.4, -0.2) is 47.3 Å². The highest BCUT2D eigenvalue weighted by atomic mass is 16.5. The van der Waals surface area contributed by atoms with Crippen molar-refractivity contribution in [1.29, 1.82) is 0 Å². The molecule has 5 rings (SSSR count). The lowest BCUT2D eigenvalue weighted by molar-refractivity contribution is 0.0217. The molecule has 0 spiro atoms. The number of anilines is 1. The van der Waals surface area contributed by atoms with Crippen LogP contribution in [-0.2, 0) is 10.3 Å². The molecule has 2 atom stereocenters. The Kier molecular flexibility index (Phi) is 5.52. The van der Waals surface area contributed by atoms with Gasteiger partial charge in [0.15, 0.2) is 5.82 Å². The van der Waals surface area contributed by atoms with Gasteiger partial charge in [0.05, 0.1) is 6.10 Å². The van der Waals surface area contributed by atoms with Crippen LogP contribution in [0.4, 0.5) is 5.82 Å². The molecule has 1 N–H and O–H groups in total. The van der Waals surface area contributed by atoms with Crippen molar-refractivity contribution in [3.05, 3.63) is 120 Å². The summed E-state index contributed by atoms with van der Waals surface area (Å²) in [7, 11) is 1.64. The fourth-order valence-electron chi connectivity index (χ4n) is 4.78. The zero-order chi connectivity index (χ0) is 22.0. The normalized spacial score (nSPS) is 18.8. The topological polar surface area (TPSA) is 50.5 Å². The van der Waals surface area contributed by atoms with Crippen LogP contribution in [0.1, 0.15) is 16.7 Å². The van der Waals surface area contributed by atoms with E-state index in [1.54, 1.807) is 7.11 Å². The highest BCUT2D eigenvalue weighted by molar-refractivity contribution is 5.51. The summed E-state index contributed by atoms with van der Waals surface area (Å²) in [5.74, 6) is 0.829. The third-order valence-electron chi connectivity index (χ3n) is 6.36. The van der Waals surface area contributed by atoms with Crippen molar-refractivity contribution >= 4 is 5.82 Å². The summed E-state index contributed by atoms with van der Waals surface area (Å²) < 4.78 is 7.48. The van der Waals surface area contributed by atoms with Crippen LogP contribution >= 0.6 is 0 Å². The number of aromatic nitrogens is 2. The first-order valence-electron chi connectivity index (χ1n) is 10.9. The fourth-order valence-corrected chi connectivity index (χ4v) is 4.78. The number of nitrogens with zero attached hydrogens (tertiary/aromatic N) is 3. The highest BCUT2D eigenvalue weighted by Gasteiger charge is 2.40. The SMILES string of the molecule is CO[C@H]1CN(c2ccn(C(c3ccccc3)(c3ccccc3)c3ccccc3)n2)C[C@H]1O. The molecule has 5 nitrogen and oxygen atoms in total. The smallest absolute Gasteiger partial charge is 0.150 e. The molecule has 0 unspecified atom stereocenters. The van der Waals surface area contributed by atoms with Crippen LogP contribution in [0.15, 0.2) is 103 Å². The summed E-state index contributed by atoms with van der Waals surface area (Å²) in [6.45, 7) is 1.12. The van der Waals surface area contributed by atoms with Crippen LogP contribution in [0, 0.1) is 0 Å². The van der Waals surface area contributed by atoms with Gasteiger partial charge in [-0.05, 0) is 16.7 Å². The van der Waals surface area contributed by atoms with Crippen molar-refractivity contribution in [3.63, 3.8) is 0 Å². The van der Waals surface area contributed by atoms with Gasteiger partial charge in [0.2, 0.25) is 0 Å². The minimum atomic E-state index is -0.638. The lowest BCUT2D eigenvalue weighted by Gasteiger charge is -2.36. The molecule has 1 aliphatic rings. The van der Waals surface area contributed by atoms with Crippen LogP contribution < -0.4 is 4.90 Å². The maximum absolute atomic E-state index is 10.3. The number of hydrogen-bond acceptors (Lipinski definition) is 4. The van der Waals surface area contributed by atoms with Crippen molar-refractivity contribution < 1.29 is 9.84 Å². The molecule has 32 heavy (non-hydrogen) atoms. The predicted octanol–water partition coefficient (Wildman–Crippen LogP) is 3.92. The van der Waals surface area contributed by atoms with Gasteiger partial charge in [0.1, 0.15) is 11.6 Å². The quantitative estimate of drug-likeness (QED) is 0.476. The summed E-state index contributed by atoms with van der Waals surface area (Å²) in [4.78, 5) is 2.08. The Balaban J connectivity index is 1.71. The van der Waals surface area contributed by atoms with Crippen LogP contribution in [0.25, 0.3) is 0 Å². The fraction of sp³-hybridized carbons (Fsp3) is 0.222. The Morgan fingerprint density at radius 3 is 1.72 bits per heavy atom. The third kappa shape index (κ3) is 3.40. The van der Waals surface area contributed by atoms with Crippen molar-refractivity contribution in [2.75, 3.05) is 25.1 Å². The third-order valence-corrected chi connectivity index (χ3v) is 6.36. The van der Waals surface area contributed by atoms with Crippen LogP contribution in [0.3, 0.4) is 0 Å². The monoisotopic (exact) mass is 425 g/mol. The molecule has 1 aromatic heterocycles. The maximum Gasteiger partial charge on any atom is 0.150 e.